The van der Waals surface area contributed by atoms with Crippen molar-refractivity contribution < 1.29 is 34.5 Å². The van der Waals surface area contributed by atoms with Crippen LogP contribution in [0.1, 0.15) is 107 Å². The molecule has 38 heavy (non-hydrogen) atoms. The van der Waals surface area contributed by atoms with Crippen molar-refractivity contribution in [2.24, 2.45) is 10.8 Å². The Morgan fingerprint density at radius 3 is 2.29 bits per heavy atom. The van der Waals surface area contributed by atoms with Crippen molar-refractivity contribution in [3.05, 3.63) is 50.8 Å². The summed E-state index contributed by atoms with van der Waals surface area (Å²) in [4.78, 5) is 52.6. The van der Waals surface area contributed by atoms with Gasteiger partial charge in [-0.2, -0.15) is 0 Å². The molecule has 0 radical (unpaired) electrons. The third kappa shape index (κ3) is 3.73. The molecular weight excluding hydrogens is 484 g/mol. The number of allylic oxidation sites excluding steroid dienone is 2. The number of hydrogen-bond donors (Lipinski definition) is 3. The van der Waals surface area contributed by atoms with Crippen LogP contribution in [-0.4, -0.2) is 44.1 Å². The predicted octanol–water partition coefficient (Wildman–Crippen LogP) is 5.00. The van der Waals surface area contributed by atoms with Gasteiger partial charge in [0, 0.05) is 34.8 Å². The summed E-state index contributed by atoms with van der Waals surface area (Å²) in [5.41, 5.74) is -2.34. The van der Waals surface area contributed by atoms with Gasteiger partial charge in [-0.3, -0.25) is 19.2 Å². The molecule has 3 aliphatic carbocycles. The third-order valence-electron chi connectivity index (χ3n) is 8.91. The number of aliphatic hydroxyl groups excluding tert-OH is 1. The van der Waals surface area contributed by atoms with Crippen LogP contribution in [0.25, 0.3) is 0 Å². The fourth-order valence-electron chi connectivity index (χ4n) is 7.41. The molecule has 0 aliphatic heterocycles. The van der Waals surface area contributed by atoms with Crippen molar-refractivity contribution in [2.45, 2.75) is 98.5 Å². The second-order valence-corrected chi connectivity index (χ2v) is 12.4. The monoisotopic (exact) mass is 522 g/mol. The Hall–Kier alpha value is -3.06. The normalized spacial score (nSPS) is 28.9. The number of phenolic OH excluding ortho intramolecular Hbond substituents is 1. The van der Waals surface area contributed by atoms with Crippen LogP contribution >= 0.6 is 0 Å². The lowest BCUT2D eigenvalue weighted by atomic mass is 9.47. The van der Waals surface area contributed by atoms with E-state index >= 15 is 0 Å². The number of carbonyl (C=O) groups is 4. The fourth-order valence-corrected chi connectivity index (χ4v) is 7.41. The number of carbonyl (C=O) groups excluding carboxylic acids is 4. The van der Waals surface area contributed by atoms with Gasteiger partial charge in [0.2, 0.25) is 5.78 Å². The number of phenols is 1. The number of aromatic hydroxyl groups is 1. The van der Waals surface area contributed by atoms with E-state index in [0.29, 0.717) is 36.0 Å². The topological polar surface area (TPSA) is 129 Å². The van der Waals surface area contributed by atoms with E-state index in [1.807, 2.05) is 33.8 Å². The highest BCUT2D eigenvalue weighted by molar-refractivity contribution is 6.25. The number of aliphatic hydroxyl groups is 2. The number of fused-ring (bicyclic) bond motifs is 3. The van der Waals surface area contributed by atoms with Gasteiger partial charge in [-0.15, -0.1) is 0 Å². The number of rotatable bonds is 6. The largest absolute Gasteiger partial charge is 0.508 e. The SMILES string of the molecule is CCCC(=O)Cc1cc(C(C)C)c2c(c1O)C(=O)C1=C(O)[C@@]3(O)C(=O)C(C(C)=O)=C(C)C[C@@]3(C)C[C@@]1(C)C2. The Morgan fingerprint density at radius 2 is 1.74 bits per heavy atom. The molecule has 0 bridgehead atoms. The van der Waals surface area contributed by atoms with Gasteiger partial charge in [-0.05, 0) is 56.6 Å². The molecule has 3 N–H and O–H groups in total. The van der Waals surface area contributed by atoms with Crippen LogP contribution in [0.2, 0.25) is 0 Å². The molecule has 0 fully saturated rings. The van der Waals surface area contributed by atoms with E-state index in [9.17, 15) is 34.5 Å². The summed E-state index contributed by atoms with van der Waals surface area (Å²) < 4.78 is 0. The quantitative estimate of drug-likeness (QED) is 0.448. The average Bonchev–Trinajstić information content (AvgIpc) is 2.77. The summed E-state index contributed by atoms with van der Waals surface area (Å²) in [7, 11) is 0. The zero-order chi connectivity index (χ0) is 28.5. The van der Waals surface area contributed by atoms with E-state index in [-0.39, 0.29) is 53.4 Å². The van der Waals surface area contributed by atoms with Crippen LogP contribution in [0.15, 0.2) is 28.5 Å². The first-order valence-corrected chi connectivity index (χ1v) is 13.4. The highest BCUT2D eigenvalue weighted by Crippen LogP contribution is 2.62. The zero-order valence-electron chi connectivity index (χ0n) is 23.4. The van der Waals surface area contributed by atoms with E-state index in [1.165, 1.54) is 6.92 Å². The molecule has 0 unspecified atom stereocenters. The minimum absolute atomic E-state index is 0.00410. The minimum Gasteiger partial charge on any atom is -0.508 e. The Balaban J connectivity index is 1.99. The maximum atomic E-state index is 14.2. The van der Waals surface area contributed by atoms with Gasteiger partial charge in [0.25, 0.3) is 0 Å². The van der Waals surface area contributed by atoms with Crippen LogP contribution in [0.3, 0.4) is 0 Å². The molecule has 7 nitrogen and oxygen atoms in total. The Bertz CT molecular complexity index is 1360. The van der Waals surface area contributed by atoms with Gasteiger partial charge in [0.05, 0.1) is 11.1 Å². The molecule has 204 valence electrons. The summed E-state index contributed by atoms with van der Waals surface area (Å²) in [6, 6.07) is 1.81. The predicted molar refractivity (Wildman–Crippen MR) is 142 cm³/mol. The van der Waals surface area contributed by atoms with Crippen LogP contribution in [0.5, 0.6) is 5.75 Å². The first-order valence-electron chi connectivity index (χ1n) is 13.4. The van der Waals surface area contributed by atoms with Gasteiger partial charge in [-0.25, -0.2) is 0 Å². The molecule has 3 atom stereocenters. The second kappa shape index (κ2) is 9.01. The van der Waals surface area contributed by atoms with Crippen LogP contribution in [0.4, 0.5) is 0 Å². The maximum absolute atomic E-state index is 14.2. The lowest BCUT2D eigenvalue weighted by molar-refractivity contribution is -0.157. The molecule has 0 saturated heterocycles. The minimum atomic E-state index is -2.44. The van der Waals surface area contributed by atoms with Gasteiger partial charge in [0.1, 0.15) is 17.3 Å². The lowest BCUT2D eigenvalue weighted by Crippen LogP contribution is -2.63. The Kier molecular flexibility index (Phi) is 6.63. The first kappa shape index (κ1) is 28.0. The van der Waals surface area contributed by atoms with Gasteiger partial charge >= 0.3 is 0 Å². The van der Waals surface area contributed by atoms with Crippen molar-refractivity contribution in [1.82, 2.24) is 0 Å². The summed E-state index contributed by atoms with van der Waals surface area (Å²) in [6.07, 6.45) is 1.73. The fraction of sp³-hybridized carbons (Fsp3) is 0.548. The van der Waals surface area contributed by atoms with E-state index in [2.05, 4.69) is 0 Å². The molecule has 0 amide bonds. The molecule has 3 aliphatic rings. The van der Waals surface area contributed by atoms with E-state index in [4.69, 9.17) is 0 Å². The molecule has 1 aromatic carbocycles. The molecular formula is C31H38O7. The highest BCUT2D eigenvalue weighted by Gasteiger charge is 2.67. The van der Waals surface area contributed by atoms with E-state index in [0.717, 1.165) is 5.56 Å². The van der Waals surface area contributed by atoms with Crippen LogP contribution < -0.4 is 0 Å². The van der Waals surface area contributed by atoms with Gasteiger partial charge < -0.3 is 15.3 Å². The number of hydrogen-bond acceptors (Lipinski definition) is 7. The summed E-state index contributed by atoms with van der Waals surface area (Å²) >= 11 is 0. The average molecular weight is 523 g/mol. The van der Waals surface area contributed by atoms with Gasteiger partial charge in [-0.1, -0.05) is 46.3 Å². The van der Waals surface area contributed by atoms with Crippen LogP contribution in [-0.2, 0) is 27.2 Å². The molecule has 0 heterocycles. The third-order valence-corrected chi connectivity index (χ3v) is 8.91. The molecule has 0 aromatic heterocycles. The number of benzene rings is 1. The molecule has 0 spiro atoms. The van der Waals surface area contributed by atoms with Crippen molar-refractivity contribution in [3.63, 3.8) is 0 Å². The van der Waals surface area contributed by atoms with Gasteiger partial charge in [0.15, 0.2) is 17.2 Å². The Morgan fingerprint density at radius 1 is 1.11 bits per heavy atom. The first-order chi connectivity index (χ1) is 17.5. The molecule has 4 rings (SSSR count). The maximum Gasteiger partial charge on any atom is 0.206 e. The number of ketones is 4. The molecule has 0 saturated carbocycles. The summed E-state index contributed by atoms with van der Waals surface area (Å²) in [5.74, 6) is -3.15. The number of Topliss-reactive ketones (excluding diaryl/α,β-unsaturated/α-hetero) is 4. The highest BCUT2D eigenvalue weighted by atomic mass is 16.3. The molecule has 7 heteroatoms. The van der Waals surface area contributed by atoms with Crippen LogP contribution in [0, 0.1) is 10.8 Å². The Labute approximate surface area is 223 Å². The summed E-state index contributed by atoms with van der Waals surface area (Å²) in [5, 5.41) is 34.8. The lowest BCUT2D eigenvalue weighted by Gasteiger charge is -2.56. The smallest absolute Gasteiger partial charge is 0.206 e. The second-order valence-electron chi connectivity index (χ2n) is 12.4. The standard InChI is InChI=1S/C31H38O7/c1-8-9-19(33)10-18-11-20(15(2)3)21-13-29(6)14-30(7)12-16(4)22(17(5)32)27(36)31(30,38)28(37)24(29)26(35)23(21)25(18)34/h11,15,34,37-38H,8-10,12-14H2,1-7H3/t29-,30+,31+/m1/s1. The zero-order valence-corrected chi connectivity index (χ0v) is 23.4. The van der Waals surface area contributed by atoms with E-state index in [1.54, 1.807) is 13.8 Å². The van der Waals surface area contributed by atoms with Crippen molar-refractivity contribution >= 4 is 23.1 Å². The molecule has 1 aromatic rings. The van der Waals surface area contributed by atoms with Crippen molar-refractivity contribution in [1.29, 1.82) is 0 Å². The van der Waals surface area contributed by atoms with Crippen molar-refractivity contribution in [3.8, 4) is 5.75 Å². The van der Waals surface area contributed by atoms with E-state index < -0.39 is 39.5 Å². The summed E-state index contributed by atoms with van der Waals surface area (Å²) in [6.45, 7) is 12.4. The van der Waals surface area contributed by atoms with Crippen molar-refractivity contribution in [2.75, 3.05) is 0 Å².